The average molecular weight is 276 g/mol. The summed E-state index contributed by atoms with van der Waals surface area (Å²) in [6, 6.07) is 2.85. The zero-order valence-electron chi connectivity index (χ0n) is 10.2. The van der Waals surface area contributed by atoms with Crippen LogP contribution in [0.2, 0.25) is 0 Å². The van der Waals surface area contributed by atoms with Crippen LogP contribution >= 0.6 is 0 Å². The number of benzene rings is 1. The van der Waals surface area contributed by atoms with Gasteiger partial charge >= 0.3 is 0 Å². The summed E-state index contributed by atoms with van der Waals surface area (Å²) in [6.45, 7) is 3.19. The Morgan fingerprint density at radius 2 is 2.06 bits per heavy atom. The lowest BCUT2D eigenvalue weighted by Crippen LogP contribution is -2.34. The van der Waals surface area contributed by atoms with Gasteiger partial charge in [-0.3, -0.25) is 0 Å². The van der Waals surface area contributed by atoms with Crippen LogP contribution < -0.4 is 10.5 Å². The summed E-state index contributed by atoms with van der Waals surface area (Å²) in [5.41, 5.74) is 5.17. The van der Waals surface area contributed by atoms with E-state index in [1.807, 2.05) is 0 Å². The minimum atomic E-state index is -3.80. The highest BCUT2D eigenvalue weighted by Gasteiger charge is 2.19. The van der Waals surface area contributed by atoms with Crippen molar-refractivity contribution < 1.29 is 17.9 Å². The van der Waals surface area contributed by atoms with E-state index in [4.69, 9.17) is 10.8 Å². The SMILES string of the molecule is CC(O)CC(C)NS(=O)(=O)c1ccc(N)c(F)c1. The predicted octanol–water partition coefficient (Wildman–Crippen LogP) is 0.846. The summed E-state index contributed by atoms with van der Waals surface area (Å²) in [5, 5.41) is 9.16. The molecule has 1 aromatic rings. The Bertz CT molecular complexity index is 517. The van der Waals surface area contributed by atoms with Gasteiger partial charge in [0.2, 0.25) is 10.0 Å². The molecule has 0 aliphatic heterocycles. The second kappa shape index (κ2) is 5.64. The Balaban J connectivity index is 2.89. The Hall–Kier alpha value is -1.18. The highest BCUT2D eigenvalue weighted by atomic mass is 32.2. The van der Waals surface area contributed by atoms with Crippen molar-refractivity contribution in [2.75, 3.05) is 5.73 Å². The Labute approximate surface area is 106 Å². The quantitative estimate of drug-likeness (QED) is 0.695. The van der Waals surface area contributed by atoms with Crippen LogP contribution in [-0.2, 0) is 10.0 Å². The van der Waals surface area contributed by atoms with Gasteiger partial charge in [-0.15, -0.1) is 0 Å². The van der Waals surface area contributed by atoms with Crippen LogP contribution in [0.1, 0.15) is 20.3 Å². The lowest BCUT2D eigenvalue weighted by Gasteiger charge is -2.15. The van der Waals surface area contributed by atoms with Gasteiger partial charge in [-0.25, -0.2) is 17.5 Å². The van der Waals surface area contributed by atoms with Gasteiger partial charge in [0.15, 0.2) is 0 Å². The van der Waals surface area contributed by atoms with E-state index in [9.17, 15) is 12.8 Å². The van der Waals surface area contributed by atoms with Crippen LogP contribution in [0.4, 0.5) is 10.1 Å². The predicted molar refractivity (Wildman–Crippen MR) is 66.9 cm³/mol. The lowest BCUT2D eigenvalue weighted by atomic mass is 10.2. The molecule has 1 aromatic carbocycles. The third kappa shape index (κ3) is 3.94. The highest BCUT2D eigenvalue weighted by molar-refractivity contribution is 7.89. The first-order valence-electron chi connectivity index (χ1n) is 5.48. The molecule has 0 fully saturated rings. The van der Waals surface area contributed by atoms with E-state index < -0.39 is 28.0 Å². The number of nitrogen functional groups attached to an aromatic ring is 1. The van der Waals surface area contributed by atoms with Crippen molar-refractivity contribution in [3.63, 3.8) is 0 Å². The van der Waals surface area contributed by atoms with Gasteiger partial charge in [-0.05, 0) is 38.5 Å². The van der Waals surface area contributed by atoms with Gasteiger partial charge in [0, 0.05) is 6.04 Å². The van der Waals surface area contributed by atoms with Crippen LogP contribution in [-0.4, -0.2) is 25.7 Å². The Kier molecular flexibility index (Phi) is 4.66. The molecule has 0 aromatic heterocycles. The largest absolute Gasteiger partial charge is 0.396 e. The number of nitrogens with one attached hydrogen (secondary N) is 1. The number of sulfonamides is 1. The normalized spacial score (nSPS) is 15.3. The van der Waals surface area contributed by atoms with E-state index in [0.717, 1.165) is 6.07 Å². The van der Waals surface area contributed by atoms with E-state index in [1.165, 1.54) is 12.1 Å². The first-order chi connectivity index (χ1) is 8.22. The Morgan fingerprint density at radius 3 is 2.56 bits per heavy atom. The molecular weight excluding hydrogens is 259 g/mol. The number of aliphatic hydroxyl groups excluding tert-OH is 1. The van der Waals surface area contributed by atoms with E-state index in [-0.39, 0.29) is 17.0 Å². The number of rotatable bonds is 5. The first-order valence-corrected chi connectivity index (χ1v) is 6.96. The minimum absolute atomic E-state index is 0.106. The van der Waals surface area contributed by atoms with Crippen molar-refractivity contribution in [1.82, 2.24) is 4.72 Å². The summed E-state index contributed by atoms with van der Waals surface area (Å²) >= 11 is 0. The second-order valence-corrected chi connectivity index (χ2v) is 6.00. The molecule has 0 radical (unpaired) electrons. The molecular formula is C11H17FN2O3S. The van der Waals surface area contributed by atoms with Gasteiger partial charge in [-0.2, -0.15) is 0 Å². The van der Waals surface area contributed by atoms with Gasteiger partial charge in [0.05, 0.1) is 16.7 Å². The molecule has 4 N–H and O–H groups in total. The number of hydrogen-bond acceptors (Lipinski definition) is 4. The van der Waals surface area contributed by atoms with Crippen molar-refractivity contribution in [1.29, 1.82) is 0 Å². The summed E-state index contributed by atoms with van der Waals surface area (Å²) in [5.74, 6) is -0.777. The molecule has 0 aliphatic carbocycles. The average Bonchev–Trinajstić information content (AvgIpc) is 2.19. The van der Waals surface area contributed by atoms with Gasteiger partial charge in [-0.1, -0.05) is 0 Å². The highest BCUT2D eigenvalue weighted by Crippen LogP contribution is 2.16. The van der Waals surface area contributed by atoms with Crippen molar-refractivity contribution >= 4 is 15.7 Å². The van der Waals surface area contributed by atoms with E-state index >= 15 is 0 Å². The molecule has 102 valence electrons. The summed E-state index contributed by atoms with van der Waals surface area (Å²) < 4.78 is 39.3. The summed E-state index contributed by atoms with van der Waals surface area (Å²) in [6.07, 6.45) is -0.345. The molecule has 0 saturated heterocycles. The zero-order valence-corrected chi connectivity index (χ0v) is 11.0. The monoisotopic (exact) mass is 276 g/mol. The van der Waals surface area contributed by atoms with Crippen molar-refractivity contribution in [3.8, 4) is 0 Å². The van der Waals surface area contributed by atoms with Crippen molar-refractivity contribution in [2.24, 2.45) is 0 Å². The van der Waals surface area contributed by atoms with Crippen LogP contribution in [0, 0.1) is 5.82 Å². The Morgan fingerprint density at radius 1 is 1.44 bits per heavy atom. The maximum absolute atomic E-state index is 13.2. The smallest absolute Gasteiger partial charge is 0.240 e. The number of halogens is 1. The minimum Gasteiger partial charge on any atom is -0.396 e. The molecule has 2 unspecified atom stereocenters. The van der Waals surface area contributed by atoms with Gasteiger partial charge in [0.1, 0.15) is 5.82 Å². The molecule has 0 amide bonds. The van der Waals surface area contributed by atoms with Crippen LogP contribution in [0.3, 0.4) is 0 Å². The second-order valence-electron chi connectivity index (χ2n) is 4.29. The number of hydrogen-bond donors (Lipinski definition) is 3. The maximum Gasteiger partial charge on any atom is 0.240 e. The molecule has 2 atom stereocenters. The molecule has 0 spiro atoms. The molecule has 0 saturated carbocycles. The number of anilines is 1. The number of aliphatic hydroxyl groups is 1. The van der Waals surface area contributed by atoms with Crippen molar-refractivity contribution in [2.45, 2.75) is 37.3 Å². The molecule has 0 bridgehead atoms. The fourth-order valence-corrected chi connectivity index (χ4v) is 2.84. The van der Waals surface area contributed by atoms with E-state index in [2.05, 4.69) is 4.72 Å². The van der Waals surface area contributed by atoms with E-state index in [1.54, 1.807) is 13.8 Å². The third-order valence-corrected chi connectivity index (χ3v) is 3.92. The first kappa shape index (κ1) is 14.9. The summed E-state index contributed by atoms with van der Waals surface area (Å²) in [4.78, 5) is -0.188. The van der Waals surface area contributed by atoms with Gasteiger partial charge in [0.25, 0.3) is 0 Å². The third-order valence-electron chi connectivity index (χ3n) is 2.33. The van der Waals surface area contributed by atoms with Crippen LogP contribution in [0.5, 0.6) is 0 Å². The van der Waals surface area contributed by atoms with Crippen molar-refractivity contribution in [3.05, 3.63) is 24.0 Å². The fourth-order valence-electron chi connectivity index (χ4n) is 1.57. The summed E-state index contributed by atoms with van der Waals surface area (Å²) in [7, 11) is -3.80. The zero-order chi connectivity index (χ0) is 13.9. The molecule has 7 heteroatoms. The van der Waals surface area contributed by atoms with E-state index in [0.29, 0.717) is 0 Å². The molecule has 1 rings (SSSR count). The van der Waals surface area contributed by atoms with Crippen LogP contribution in [0.25, 0.3) is 0 Å². The number of nitrogens with two attached hydrogens (primary N) is 1. The molecule has 18 heavy (non-hydrogen) atoms. The molecule has 5 nitrogen and oxygen atoms in total. The topological polar surface area (TPSA) is 92.4 Å². The molecule has 0 aliphatic rings. The lowest BCUT2D eigenvalue weighted by molar-refractivity contribution is 0.175. The maximum atomic E-state index is 13.2. The van der Waals surface area contributed by atoms with Gasteiger partial charge < -0.3 is 10.8 Å². The fraction of sp³-hybridized carbons (Fsp3) is 0.455. The molecule has 0 heterocycles. The van der Waals surface area contributed by atoms with Crippen LogP contribution in [0.15, 0.2) is 23.1 Å². The standard InChI is InChI=1S/C11H17FN2O3S/c1-7(5-8(2)15)14-18(16,17)9-3-4-11(13)10(12)6-9/h3-4,6-8,14-15H,5,13H2,1-2H3.